The van der Waals surface area contributed by atoms with Gasteiger partial charge in [-0.05, 0) is 23.6 Å². The molecule has 0 bridgehead atoms. The minimum atomic E-state index is -1.16. The van der Waals surface area contributed by atoms with Crippen LogP contribution < -0.4 is 5.32 Å². The highest BCUT2D eigenvalue weighted by Crippen LogP contribution is 2.30. The fourth-order valence-corrected chi connectivity index (χ4v) is 5.00. The summed E-state index contributed by atoms with van der Waals surface area (Å²) in [5.74, 6) is -0.256. The van der Waals surface area contributed by atoms with Crippen molar-refractivity contribution in [3.05, 3.63) is 28.6 Å². The quantitative estimate of drug-likeness (QED) is 0.894. The summed E-state index contributed by atoms with van der Waals surface area (Å²) in [6.45, 7) is 0. The number of amides is 1. The number of nitrogens with one attached hydrogen (secondary N) is 1. The van der Waals surface area contributed by atoms with Gasteiger partial charge in [-0.1, -0.05) is 6.07 Å². The average Bonchev–Trinajstić information content (AvgIpc) is 3.20. The van der Waals surface area contributed by atoms with Crippen LogP contribution in [0, 0.1) is 0 Å². The number of hydrogen-bond donors (Lipinski definition) is 2. The third-order valence-corrected chi connectivity index (χ3v) is 6.32. The Morgan fingerprint density at radius 1 is 1.38 bits per heavy atom. The maximum absolute atomic E-state index is 12.3. The summed E-state index contributed by atoms with van der Waals surface area (Å²) in [5, 5.41) is 16.4. The van der Waals surface area contributed by atoms with Gasteiger partial charge in [-0.25, -0.2) is 9.78 Å². The van der Waals surface area contributed by atoms with Gasteiger partial charge in [0.05, 0.1) is 4.88 Å². The molecule has 2 N–H and O–H groups in total. The predicted octanol–water partition coefficient (Wildman–Crippen LogP) is 2.56. The van der Waals surface area contributed by atoms with E-state index in [1.807, 2.05) is 17.5 Å². The largest absolute Gasteiger partial charge is 0.479 e. The van der Waals surface area contributed by atoms with Gasteiger partial charge in [-0.3, -0.25) is 4.79 Å². The molecule has 1 fully saturated rings. The highest BCUT2D eigenvalue weighted by Gasteiger charge is 2.43. The van der Waals surface area contributed by atoms with E-state index in [9.17, 15) is 14.7 Å². The van der Waals surface area contributed by atoms with E-state index in [4.69, 9.17) is 0 Å². The van der Waals surface area contributed by atoms with E-state index in [0.29, 0.717) is 12.2 Å². The monoisotopic (exact) mass is 340 g/mol. The first-order valence-electron chi connectivity index (χ1n) is 6.24. The van der Waals surface area contributed by atoms with Crippen LogP contribution >= 0.6 is 34.4 Å². The van der Waals surface area contributed by atoms with Crippen LogP contribution in [0.2, 0.25) is 0 Å². The van der Waals surface area contributed by atoms with Gasteiger partial charge < -0.3 is 10.4 Å². The van der Waals surface area contributed by atoms with Crippen LogP contribution in [0.1, 0.15) is 16.9 Å². The summed E-state index contributed by atoms with van der Waals surface area (Å²) in [5.41, 5.74) is -0.880. The molecule has 0 saturated carbocycles. The minimum absolute atomic E-state index is 0.279. The number of hydrogen-bond acceptors (Lipinski definition) is 6. The number of aromatic nitrogens is 1. The topological polar surface area (TPSA) is 79.3 Å². The number of thiophene rings is 1. The zero-order valence-electron chi connectivity index (χ0n) is 10.9. The molecule has 1 saturated heterocycles. The van der Waals surface area contributed by atoms with Crippen LogP contribution in [-0.2, 0) is 4.79 Å². The molecular formula is C13H12N2O3S3. The fraction of sp³-hybridized carbons (Fsp3) is 0.308. The number of carboxylic acid groups (broad SMARTS) is 1. The lowest BCUT2D eigenvalue weighted by atomic mass is 9.99. The molecule has 1 aliphatic heterocycles. The van der Waals surface area contributed by atoms with Crippen molar-refractivity contribution in [3.63, 3.8) is 0 Å². The Labute approximate surface area is 133 Å². The number of thiazole rings is 1. The number of carboxylic acids is 1. The molecule has 0 radical (unpaired) electrons. The molecule has 1 unspecified atom stereocenters. The van der Waals surface area contributed by atoms with E-state index in [-0.39, 0.29) is 5.69 Å². The molecule has 110 valence electrons. The van der Waals surface area contributed by atoms with E-state index >= 15 is 0 Å². The van der Waals surface area contributed by atoms with E-state index in [0.717, 1.165) is 15.6 Å². The van der Waals surface area contributed by atoms with Crippen molar-refractivity contribution in [3.8, 4) is 9.88 Å². The molecule has 2 aromatic rings. The zero-order chi connectivity index (χ0) is 14.9. The van der Waals surface area contributed by atoms with E-state index in [2.05, 4.69) is 10.3 Å². The van der Waals surface area contributed by atoms with Crippen LogP contribution in [0.15, 0.2) is 22.9 Å². The average molecular weight is 340 g/mol. The molecule has 1 amide bonds. The third-order valence-electron chi connectivity index (χ3n) is 3.25. The first-order valence-corrected chi connectivity index (χ1v) is 9.15. The molecule has 1 atom stereocenters. The van der Waals surface area contributed by atoms with Gasteiger partial charge in [0.15, 0.2) is 0 Å². The lowest BCUT2D eigenvalue weighted by molar-refractivity contribution is -0.143. The summed E-state index contributed by atoms with van der Waals surface area (Å²) >= 11 is 4.48. The Kier molecular flexibility index (Phi) is 4.01. The first-order chi connectivity index (χ1) is 10.1. The standard InChI is InChI=1S/C13H12N2O3S3/c16-10(15-13(12(17)18)3-5-19-7-13)8-6-21-11(14-8)9-2-1-4-20-9/h1-2,4,6H,3,5,7H2,(H,15,16)(H,17,18). The van der Waals surface area contributed by atoms with Crippen molar-refractivity contribution >= 4 is 46.3 Å². The summed E-state index contributed by atoms with van der Waals surface area (Å²) in [7, 11) is 0. The normalized spacial score (nSPS) is 21.3. The van der Waals surface area contributed by atoms with Crippen LogP contribution in [0.3, 0.4) is 0 Å². The Balaban J connectivity index is 1.78. The van der Waals surface area contributed by atoms with Crippen LogP contribution in [0.5, 0.6) is 0 Å². The Morgan fingerprint density at radius 2 is 2.24 bits per heavy atom. The van der Waals surface area contributed by atoms with Gasteiger partial charge in [0.25, 0.3) is 5.91 Å². The minimum Gasteiger partial charge on any atom is -0.479 e. The smallest absolute Gasteiger partial charge is 0.330 e. The number of carbonyl (C=O) groups excluding carboxylic acids is 1. The summed E-state index contributed by atoms with van der Waals surface area (Å²) in [6, 6.07) is 3.87. The molecule has 1 aliphatic rings. The lowest BCUT2D eigenvalue weighted by Crippen LogP contribution is -2.54. The van der Waals surface area contributed by atoms with Crippen LogP contribution in [-0.4, -0.2) is 39.0 Å². The molecule has 3 rings (SSSR count). The molecule has 2 aromatic heterocycles. The molecule has 0 aromatic carbocycles. The maximum Gasteiger partial charge on any atom is 0.330 e. The van der Waals surface area contributed by atoms with Gasteiger partial charge in [-0.15, -0.1) is 22.7 Å². The highest BCUT2D eigenvalue weighted by molar-refractivity contribution is 7.99. The molecule has 8 heteroatoms. The van der Waals surface area contributed by atoms with Crippen molar-refractivity contribution in [2.75, 3.05) is 11.5 Å². The molecule has 21 heavy (non-hydrogen) atoms. The van der Waals surface area contributed by atoms with Gasteiger partial charge in [0.1, 0.15) is 16.2 Å². The molecule has 5 nitrogen and oxygen atoms in total. The number of rotatable bonds is 4. The number of carbonyl (C=O) groups is 2. The SMILES string of the molecule is O=C(NC1(C(=O)O)CCSC1)c1csc(-c2cccs2)n1. The molecule has 0 spiro atoms. The van der Waals surface area contributed by atoms with Crippen molar-refractivity contribution in [2.45, 2.75) is 12.0 Å². The van der Waals surface area contributed by atoms with Crippen molar-refractivity contribution in [2.24, 2.45) is 0 Å². The summed E-state index contributed by atoms with van der Waals surface area (Å²) in [4.78, 5) is 29.0. The second-order valence-electron chi connectivity index (χ2n) is 4.66. The van der Waals surface area contributed by atoms with E-state index < -0.39 is 17.4 Å². The third kappa shape index (κ3) is 2.83. The van der Waals surface area contributed by atoms with Gasteiger partial charge in [0.2, 0.25) is 0 Å². The Morgan fingerprint density at radius 3 is 2.86 bits per heavy atom. The second-order valence-corrected chi connectivity index (χ2v) is 7.57. The zero-order valence-corrected chi connectivity index (χ0v) is 13.3. The van der Waals surface area contributed by atoms with Crippen LogP contribution in [0.25, 0.3) is 9.88 Å². The van der Waals surface area contributed by atoms with Crippen molar-refractivity contribution < 1.29 is 14.7 Å². The van der Waals surface area contributed by atoms with Gasteiger partial charge >= 0.3 is 5.97 Å². The fourth-order valence-electron chi connectivity index (χ4n) is 2.06. The van der Waals surface area contributed by atoms with E-state index in [1.165, 1.54) is 23.1 Å². The number of nitrogens with zero attached hydrogens (tertiary/aromatic N) is 1. The molecule has 3 heterocycles. The first kappa shape index (κ1) is 14.6. The number of aliphatic carboxylic acids is 1. The lowest BCUT2D eigenvalue weighted by Gasteiger charge is -2.23. The van der Waals surface area contributed by atoms with Gasteiger partial charge in [0, 0.05) is 11.1 Å². The van der Waals surface area contributed by atoms with E-state index in [1.54, 1.807) is 16.7 Å². The molecular weight excluding hydrogens is 328 g/mol. The van der Waals surface area contributed by atoms with Crippen molar-refractivity contribution in [1.29, 1.82) is 0 Å². The summed E-state index contributed by atoms with van der Waals surface area (Å²) < 4.78 is 0. The number of thioether (sulfide) groups is 1. The highest BCUT2D eigenvalue weighted by atomic mass is 32.2. The maximum atomic E-state index is 12.3. The van der Waals surface area contributed by atoms with Gasteiger partial charge in [-0.2, -0.15) is 11.8 Å². The summed E-state index contributed by atoms with van der Waals surface area (Å²) in [6.07, 6.45) is 0.445. The second kappa shape index (κ2) is 5.78. The van der Waals surface area contributed by atoms with Crippen LogP contribution in [0.4, 0.5) is 0 Å². The predicted molar refractivity (Wildman–Crippen MR) is 85.2 cm³/mol. The Bertz CT molecular complexity index is 660. The molecule has 0 aliphatic carbocycles. The Hall–Kier alpha value is -1.38. The van der Waals surface area contributed by atoms with Crippen molar-refractivity contribution in [1.82, 2.24) is 10.3 Å².